The molecule has 1 saturated heterocycles. The van der Waals surface area contributed by atoms with Gasteiger partial charge in [-0.05, 0) is 18.9 Å². The molecule has 0 aliphatic carbocycles. The number of nitrogens with zero attached hydrogens (tertiary/aromatic N) is 6. The zero-order valence-electron chi connectivity index (χ0n) is 14.9. The lowest BCUT2D eigenvalue weighted by Crippen LogP contribution is -2.35. The van der Waals surface area contributed by atoms with Crippen molar-refractivity contribution in [2.75, 3.05) is 6.54 Å². The van der Waals surface area contributed by atoms with Crippen LogP contribution in [0, 0.1) is 5.95 Å². The number of pyridine rings is 1. The van der Waals surface area contributed by atoms with Gasteiger partial charge in [-0.25, -0.2) is 4.98 Å². The van der Waals surface area contributed by atoms with Crippen LogP contribution < -0.4 is 0 Å². The second-order valence-electron chi connectivity index (χ2n) is 6.59. The SMILES string of the molecule is Cn1cc(-c2nc([C@H]3CCCCCN3C(=O)c3ccnc(F)c3)no2)cn1. The summed E-state index contributed by atoms with van der Waals surface area (Å²) in [6.07, 6.45) is 8.30. The van der Waals surface area contributed by atoms with Gasteiger partial charge in [0.2, 0.25) is 5.95 Å². The Kier molecular flexibility index (Phi) is 4.66. The lowest BCUT2D eigenvalue weighted by molar-refractivity contribution is 0.0669. The molecule has 4 rings (SSSR count). The zero-order valence-corrected chi connectivity index (χ0v) is 14.9. The second kappa shape index (κ2) is 7.26. The van der Waals surface area contributed by atoms with E-state index in [9.17, 15) is 9.18 Å². The summed E-state index contributed by atoms with van der Waals surface area (Å²) in [5.74, 6) is -0.107. The van der Waals surface area contributed by atoms with Gasteiger partial charge in [0.1, 0.15) is 0 Å². The van der Waals surface area contributed by atoms with E-state index in [2.05, 4.69) is 20.2 Å². The fraction of sp³-hybridized carbons (Fsp3) is 0.389. The third-order valence-electron chi connectivity index (χ3n) is 4.68. The van der Waals surface area contributed by atoms with Crippen LogP contribution in [0.2, 0.25) is 0 Å². The van der Waals surface area contributed by atoms with E-state index in [1.165, 1.54) is 12.3 Å². The number of hydrogen-bond acceptors (Lipinski definition) is 6. The molecule has 0 radical (unpaired) electrons. The summed E-state index contributed by atoms with van der Waals surface area (Å²) >= 11 is 0. The van der Waals surface area contributed by atoms with Gasteiger partial charge in [0.15, 0.2) is 5.82 Å². The first-order chi connectivity index (χ1) is 13.1. The Morgan fingerprint density at radius 2 is 2.22 bits per heavy atom. The van der Waals surface area contributed by atoms with Crippen molar-refractivity contribution in [3.63, 3.8) is 0 Å². The predicted octanol–water partition coefficient (Wildman–Crippen LogP) is 2.76. The number of carbonyl (C=O) groups is 1. The van der Waals surface area contributed by atoms with Gasteiger partial charge in [-0.3, -0.25) is 9.48 Å². The Labute approximate surface area is 155 Å². The third-order valence-corrected chi connectivity index (χ3v) is 4.68. The van der Waals surface area contributed by atoms with E-state index in [4.69, 9.17) is 4.52 Å². The van der Waals surface area contributed by atoms with Crippen LogP contribution in [0.4, 0.5) is 4.39 Å². The first kappa shape index (κ1) is 17.3. The molecule has 0 bridgehead atoms. The maximum atomic E-state index is 13.5. The Morgan fingerprint density at radius 1 is 1.33 bits per heavy atom. The standard InChI is InChI=1S/C18H19FN6O2/c1-24-11-13(10-21-24)17-22-16(23-27-17)14-5-3-2-4-8-25(14)18(26)12-6-7-20-15(19)9-12/h6-7,9-11,14H,2-5,8H2,1H3/t14-/m1/s1. The van der Waals surface area contributed by atoms with Crippen molar-refractivity contribution in [2.24, 2.45) is 7.05 Å². The smallest absolute Gasteiger partial charge is 0.261 e. The van der Waals surface area contributed by atoms with E-state index in [0.29, 0.717) is 18.3 Å². The van der Waals surface area contributed by atoms with Crippen molar-refractivity contribution in [1.29, 1.82) is 0 Å². The number of hydrogen-bond donors (Lipinski definition) is 0. The Morgan fingerprint density at radius 3 is 3.00 bits per heavy atom. The highest BCUT2D eigenvalue weighted by Gasteiger charge is 2.31. The van der Waals surface area contributed by atoms with Crippen molar-refractivity contribution in [2.45, 2.75) is 31.7 Å². The largest absolute Gasteiger partial charge is 0.334 e. The average Bonchev–Trinajstić information content (AvgIpc) is 3.24. The molecule has 1 atom stereocenters. The number of amides is 1. The molecule has 9 heteroatoms. The molecule has 3 aromatic heterocycles. The fourth-order valence-electron chi connectivity index (χ4n) is 3.34. The molecule has 1 fully saturated rings. The van der Waals surface area contributed by atoms with Crippen molar-refractivity contribution in [3.8, 4) is 11.5 Å². The van der Waals surface area contributed by atoms with E-state index in [0.717, 1.165) is 37.3 Å². The van der Waals surface area contributed by atoms with Crippen molar-refractivity contribution >= 4 is 5.91 Å². The molecular weight excluding hydrogens is 351 g/mol. The maximum Gasteiger partial charge on any atom is 0.261 e. The first-order valence-electron chi connectivity index (χ1n) is 8.87. The molecule has 8 nitrogen and oxygen atoms in total. The molecule has 4 heterocycles. The summed E-state index contributed by atoms with van der Waals surface area (Å²) in [7, 11) is 1.81. The molecule has 27 heavy (non-hydrogen) atoms. The van der Waals surface area contributed by atoms with Crippen molar-refractivity contribution in [1.82, 2.24) is 29.8 Å². The molecule has 1 aliphatic rings. The molecule has 0 spiro atoms. The molecule has 1 amide bonds. The van der Waals surface area contributed by atoms with Crippen LogP contribution in [0.25, 0.3) is 11.5 Å². The Balaban J connectivity index is 1.64. The van der Waals surface area contributed by atoms with Crippen molar-refractivity contribution < 1.29 is 13.7 Å². The van der Waals surface area contributed by atoms with Gasteiger partial charge in [-0.2, -0.15) is 14.5 Å². The summed E-state index contributed by atoms with van der Waals surface area (Å²) in [5.41, 5.74) is 0.990. The van der Waals surface area contributed by atoms with E-state index < -0.39 is 5.95 Å². The van der Waals surface area contributed by atoms with Crippen LogP contribution in [0.5, 0.6) is 0 Å². The number of rotatable bonds is 3. The van der Waals surface area contributed by atoms with E-state index in [1.807, 2.05) is 0 Å². The highest BCUT2D eigenvalue weighted by molar-refractivity contribution is 5.94. The Hall–Kier alpha value is -3.10. The van der Waals surface area contributed by atoms with Crippen LogP contribution in [-0.4, -0.2) is 42.3 Å². The lowest BCUT2D eigenvalue weighted by atomic mass is 10.1. The molecule has 0 aromatic carbocycles. The number of carbonyl (C=O) groups excluding carboxylic acids is 1. The topological polar surface area (TPSA) is 89.9 Å². The van der Waals surface area contributed by atoms with E-state index in [1.54, 1.807) is 29.0 Å². The third kappa shape index (κ3) is 3.57. The average molecular weight is 370 g/mol. The van der Waals surface area contributed by atoms with Gasteiger partial charge < -0.3 is 9.42 Å². The molecule has 0 N–H and O–H groups in total. The predicted molar refractivity (Wildman–Crippen MR) is 92.9 cm³/mol. The molecule has 0 unspecified atom stereocenters. The minimum absolute atomic E-state index is 0.254. The summed E-state index contributed by atoms with van der Waals surface area (Å²) in [6.45, 7) is 0.560. The number of halogens is 1. The normalized spacial score (nSPS) is 17.7. The molecule has 1 aliphatic heterocycles. The monoisotopic (exact) mass is 370 g/mol. The summed E-state index contributed by atoms with van der Waals surface area (Å²) in [4.78, 5) is 22.7. The Bertz CT molecular complexity index is 953. The summed E-state index contributed by atoms with van der Waals surface area (Å²) < 4.78 is 20.5. The minimum Gasteiger partial charge on any atom is -0.334 e. The molecular formula is C18H19FN6O2. The highest BCUT2D eigenvalue weighted by Crippen LogP contribution is 2.31. The quantitative estimate of drug-likeness (QED) is 0.659. The van der Waals surface area contributed by atoms with Gasteiger partial charge in [0.25, 0.3) is 11.8 Å². The van der Waals surface area contributed by atoms with Crippen LogP contribution >= 0.6 is 0 Å². The molecule has 140 valence electrons. The molecule has 3 aromatic rings. The van der Waals surface area contributed by atoms with Crippen LogP contribution in [-0.2, 0) is 7.05 Å². The zero-order chi connectivity index (χ0) is 18.8. The highest BCUT2D eigenvalue weighted by atomic mass is 19.1. The van der Waals surface area contributed by atoms with Gasteiger partial charge in [0, 0.05) is 37.6 Å². The fourth-order valence-corrected chi connectivity index (χ4v) is 3.34. The van der Waals surface area contributed by atoms with Crippen LogP contribution in [0.15, 0.2) is 35.2 Å². The van der Waals surface area contributed by atoms with E-state index in [-0.39, 0.29) is 17.5 Å². The first-order valence-corrected chi connectivity index (χ1v) is 8.87. The lowest BCUT2D eigenvalue weighted by Gasteiger charge is -2.27. The second-order valence-corrected chi connectivity index (χ2v) is 6.59. The van der Waals surface area contributed by atoms with Gasteiger partial charge >= 0.3 is 0 Å². The minimum atomic E-state index is -0.675. The number of aromatic nitrogens is 5. The van der Waals surface area contributed by atoms with Gasteiger partial charge in [-0.1, -0.05) is 18.0 Å². The van der Waals surface area contributed by atoms with Crippen molar-refractivity contribution in [3.05, 3.63) is 48.1 Å². The van der Waals surface area contributed by atoms with Crippen LogP contribution in [0.1, 0.15) is 47.9 Å². The maximum absolute atomic E-state index is 13.5. The van der Waals surface area contributed by atoms with E-state index >= 15 is 0 Å². The molecule has 0 saturated carbocycles. The van der Waals surface area contributed by atoms with Gasteiger partial charge in [0.05, 0.1) is 17.8 Å². The number of aryl methyl sites for hydroxylation is 1. The number of likely N-dealkylation sites (tertiary alicyclic amines) is 1. The van der Waals surface area contributed by atoms with Crippen LogP contribution in [0.3, 0.4) is 0 Å². The summed E-state index contributed by atoms with van der Waals surface area (Å²) in [6, 6.07) is 2.36. The van der Waals surface area contributed by atoms with Gasteiger partial charge in [-0.15, -0.1) is 0 Å². The summed E-state index contributed by atoms with van der Waals surface area (Å²) in [5, 5.41) is 8.21.